The van der Waals surface area contributed by atoms with Gasteiger partial charge in [-0.1, -0.05) is 30.3 Å². The Hall–Kier alpha value is -3.29. The molecule has 2 fully saturated rings. The van der Waals surface area contributed by atoms with Crippen molar-refractivity contribution in [2.45, 2.75) is 56.4 Å². The van der Waals surface area contributed by atoms with Crippen molar-refractivity contribution in [2.24, 2.45) is 11.8 Å². The number of fused-ring (bicyclic) bond motifs is 1. The van der Waals surface area contributed by atoms with E-state index in [0.717, 1.165) is 11.8 Å². The molecule has 0 bridgehead atoms. The number of ether oxygens (including phenoxy) is 6. The lowest BCUT2D eigenvalue weighted by molar-refractivity contribution is -0.346. The van der Waals surface area contributed by atoms with Gasteiger partial charge in [-0.2, -0.15) is 0 Å². The summed E-state index contributed by atoms with van der Waals surface area (Å²) in [5, 5.41) is 31.3. The van der Waals surface area contributed by atoms with Crippen molar-refractivity contribution in [3.8, 4) is 0 Å². The molecule has 0 unspecified atom stereocenters. The van der Waals surface area contributed by atoms with Crippen molar-refractivity contribution in [1.82, 2.24) is 0 Å². The van der Waals surface area contributed by atoms with Crippen LogP contribution in [-0.2, 0) is 42.8 Å². The van der Waals surface area contributed by atoms with E-state index in [-0.39, 0.29) is 12.0 Å². The summed E-state index contributed by atoms with van der Waals surface area (Å²) < 4.78 is 32.3. The molecule has 4 rings (SSSR count). The molecule has 0 aromatic heterocycles. The fraction of sp³-hybridized carbons (Fsp3) is 0.500. The summed E-state index contributed by atoms with van der Waals surface area (Å²) in [6.45, 7) is 1.16. The molecular weight excluding hydrogens is 504 g/mol. The highest BCUT2D eigenvalue weighted by atomic mass is 16.8. The molecule has 206 valence electrons. The zero-order valence-electron chi connectivity index (χ0n) is 20.7. The van der Waals surface area contributed by atoms with E-state index in [1.807, 2.05) is 18.2 Å². The first-order valence-corrected chi connectivity index (χ1v) is 12.1. The van der Waals surface area contributed by atoms with Crippen LogP contribution in [0.4, 0.5) is 0 Å². The molecule has 12 nitrogen and oxygen atoms in total. The van der Waals surface area contributed by atoms with E-state index in [0.29, 0.717) is 0 Å². The largest absolute Gasteiger partial charge is 0.471 e. The molecular formula is C26H30O12. The first-order chi connectivity index (χ1) is 18.2. The molecule has 2 saturated heterocycles. The maximum atomic E-state index is 12.2. The lowest BCUT2D eigenvalue weighted by atomic mass is 9.77. The normalized spacial score (nSPS) is 34.9. The van der Waals surface area contributed by atoms with Crippen molar-refractivity contribution in [3.63, 3.8) is 0 Å². The van der Waals surface area contributed by atoms with Crippen molar-refractivity contribution in [3.05, 3.63) is 53.8 Å². The van der Waals surface area contributed by atoms with Gasteiger partial charge in [0.15, 0.2) is 6.29 Å². The second kappa shape index (κ2) is 12.0. The molecule has 3 aliphatic rings. The first-order valence-electron chi connectivity index (χ1n) is 12.1. The fourth-order valence-corrected chi connectivity index (χ4v) is 4.70. The number of hydrogen-bond acceptors (Lipinski definition) is 12. The average molecular weight is 535 g/mol. The van der Waals surface area contributed by atoms with Crippen molar-refractivity contribution < 1.29 is 58.1 Å². The standard InChI is InChI=1S/C26H30O12/c1-13-20-15(10-19(28)36-13)16(24(32)33-2)11-35-25(20)38-26-23(31)22(30)21(29)17(37-26)12-34-18(27)9-8-14-6-4-3-5-7-14/h3-9,11,13,15,17,20-23,25-26,29-31H,10,12H2,1-2H3/b9-8-/t13-,15-,17-,20-,21-,22+,23-,25+,26+/m1/s1. The van der Waals surface area contributed by atoms with Crippen LogP contribution in [0.5, 0.6) is 0 Å². The van der Waals surface area contributed by atoms with Gasteiger partial charge in [0.2, 0.25) is 6.29 Å². The van der Waals surface area contributed by atoms with E-state index in [1.165, 1.54) is 13.2 Å². The molecule has 0 radical (unpaired) electrons. The smallest absolute Gasteiger partial charge is 0.337 e. The van der Waals surface area contributed by atoms with Gasteiger partial charge in [-0.25, -0.2) is 9.59 Å². The second-order valence-electron chi connectivity index (χ2n) is 9.18. The number of aliphatic hydroxyl groups is 3. The summed E-state index contributed by atoms with van der Waals surface area (Å²) in [5.74, 6) is -3.21. The maximum Gasteiger partial charge on any atom is 0.337 e. The fourth-order valence-electron chi connectivity index (χ4n) is 4.70. The number of rotatable bonds is 7. The van der Waals surface area contributed by atoms with E-state index in [4.69, 9.17) is 28.4 Å². The van der Waals surface area contributed by atoms with E-state index in [1.54, 1.807) is 25.1 Å². The zero-order valence-corrected chi connectivity index (χ0v) is 20.7. The van der Waals surface area contributed by atoms with Crippen LogP contribution in [-0.4, -0.2) is 90.0 Å². The van der Waals surface area contributed by atoms with Crippen LogP contribution in [0.25, 0.3) is 6.08 Å². The number of esters is 3. The Morgan fingerprint density at radius 3 is 2.53 bits per heavy atom. The lowest BCUT2D eigenvalue weighted by Crippen LogP contribution is -2.61. The van der Waals surface area contributed by atoms with Crippen LogP contribution in [0, 0.1) is 11.8 Å². The van der Waals surface area contributed by atoms with Crippen molar-refractivity contribution in [2.75, 3.05) is 13.7 Å². The number of methoxy groups -OCH3 is 1. The van der Waals surface area contributed by atoms with Crippen molar-refractivity contribution >= 4 is 24.0 Å². The summed E-state index contributed by atoms with van der Waals surface area (Å²) in [7, 11) is 1.20. The molecule has 1 aromatic carbocycles. The Labute approximate surface area is 218 Å². The Morgan fingerprint density at radius 2 is 1.82 bits per heavy atom. The van der Waals surface area contributed by atoms with E-state index < -0.39 is 79.5 Å². The number of cyclic esters (lactones) is 1. The quantitative estimate of drug-likeness (QED) is 0.245. The molecule has 3 aliphatic heterocycles. The van der Waals surface area contributed by atoms with Gasteiger partial charge in [0, 0.05) is 12.0 Å². The summed E-state index contributed by atoms with van der Waals surface area (Å²) >= 11 is 0. The Balaban J connectivity index is 1.43. The Bertz CT molecular complexity index is 1070. The van der Waals surface area contributed by atoms with Gasteiger partial charge in [-0.05, 0) is 18.6 Å². The van der Waals surface area contributed by atoms with E-state index in [2.05, 4.69) is 0 Å². The SMILES string of the molecule is COC(=O)C1=CO[C@@H](O[C@@H]2O[C@H](COC(=O)/C=C\c3ccccc3)[C@@H](O)[C@H](O)[C@H]2O)[C@H]2[C@@H]1CC(=O)O[C@@H]2C. The number of carbonyl (C=O) groups excluding carboxylic acids is 3. The summed E-state index contributed by atoms with van der Waals surface area (Å²) in [6, 6.07) is 9.06. The minimum Gasteiger partial charge on any atom is -0.471 e. The molecule has 0 saturated carbocycles. The summed E-state index contributed by atoms with van der Waals surface area (Å²) in [5.41, 5.74) is 0.915. The lowest BCUT2D eigenvalue weighted by Gasteiger charge is -2.45. The minimum atomic E-state index is -1.69. The van der Waals surface area contributed by atoms with Crippen LogP contribution in [0.2, 0.25) is 0 Å². The molecule has 0 spiro atoms. The van der Waals surface area contributed by atoms with Crippen LogP contribution in [0.3, 0.4) is 0 Å². The molecule has 38 heavy (non-hydrogen) atoms. The van der Waals surface area contributed by atoms with Crippen LogP contribution < -0.4 is 0 Å². The predicted octanol–water partition coefficient (Wildman–Crippen LogP) is 0.0482. The summed E-state index contributed by atoms with van der Waals surface area (Å²) in [6.07, 6.45) is -5.85. The third-order valence-electron chi connectivity index (χ3n) is 6.71. The highest BCUT2D eigenvalue weighted by molar-refractivity contribution is 5.90. The van der Waals surface area contributed by atoms with Gasteiger partial charge in [0.05, 0.1) is 31.3 Å². The van der Waals surface area contributed by atoms with E-state index in [9.17, 15) is 29.7 Å². The third kappa shape index (κ3) is 6.05. The molecule has 0 amide bonds. The van der Waals surface area contributed by atoms with Crippen LogP contribution in [0.15, 0.2) is 48.2 Å². The van der Waals surface area contributed by atoms with Gasteiger partial charge < -0.3 is 43.7 Å². The predicted molar refractivity (Wildman–Crippen MR) is 126 cm³/mol. The minimum absolute atomic E-state index is 0.121. The number of benzene rings is 1. The van der Waals surface area contributed by atoms with Crippen molar-refractivity contribution in [1.29, 1.82) is 0 Å². The van der Waals surface area contributed by atoms with Gasteiger partial charge in [-0.3, -0.25) is 4.79 Å². The Kier molecular flexibility index (Phi) is 8.80. The number of carbonyl (C=O) groups is 3. The molecule has 9 atom stereocenters. The monoisotopic (exact) mass is 534 g/mol. The first kappa shape index (κ1) is 27.7. The number of aliphatic hydroxyl groups excluding tert-OH is 3. The maximum absolute atomic E-state index is 12.2. The average Bonchev–Trinajstić information content (AvgIpc) is 2.91. The topological polar surface area (TPSA) is 167 Å². The highest BCUT2D eigenvalue weighted by Gasteiger charge is 2.52. The second-order valence-corrected chi connectivity index (χ2v) is 9.18. The molecule has 3 N–H and O–H groups in total. The van der Waals surface area contributed by atoms with Crippen LogP contribution in [0.1, 0.15) is 18.9 Å². The molecule has 3 heterocycles. The molecule has 12 heteroatoms. The molecule has 1 aromatic rings. The van der Waals surface area contributed by atoms with E-state index >= 15 is 0 Å². The number of hydrogen-bond donors (Lipinski definition) is 3. The van der Waals surface area contributed by atoms with Crippen LogP contribution >= 0.6 is 0 Å². The molecule has 0 aliphatic carbocycles. The van der Waals surface area contributed by atoms with Gasteiger partial charge in [0.1, 0.15) is 37.1 Å². The van der Waals surface area contributed by atoms with Gasteiger partial charge in [0.25, 0.3) is 0 Å². The van der Waals surface area contributed by atoms with Gasteiger partial charge >= 0.3 is 17.9 Å². The summed E-state index contributed by atoms with van der Waals surface area (Å²) in [4.78, 5) is 36.4. The zero-order chi connectivity index (χ0) is 27.4. The highest BCUT2D eigenvalue weighted by Crippen LogP contribution is 2.41. The van der Waals surface area contributed by atoms with Gasteiger partial charge in [-0.15, -0.1) is 0 Å². The Morgan fingerprint density at radius 1 is 1.08 bits per heavy atom. The third-order valence-corrected chi connectivity index (χ3v) is 6.71.